The van der Waals surface area contributed by atoms with Gasteiger partial charge in [-0.2, -0.15) is 4.39 Å². The summed E-state index contributed by atoms with van der Waals surface area (Å²) in [4.78, 5) is 3.57. The molecule has 0 saturated heterocycles. The maximum absolute atomic E-state index is 12.7. The molecule has 0 atom stereocenters. The highest BCUT2D eigenvalue weighted by Crippen LogP contribution is 2.06. The average Bonchev–Trinajstić information content (AvgIpc) is 2.05. The minimum Gasteiger partial charge on any atom is -0.326 e. The molecule has 0 aromatic carbocycles. The zero-order valence-corrected chi connectivity index (χ0v) is 6.47. The van der Waals surface area contributed by atoms with Gasteiger partial charge in [-0.25, -0.2) is 4.98 Å². The fourth-order valence-electron chi connectivity index (χ4n) is 0.880. The maximum atomic E-state index is 12.7. The van der Waals surface area contributed by atoms with Crippen LogP contribution in [0.3, 0.4) is 0 Å². The van der Waals surface area contributed by atoms with E-state index in [1.165, 1.54) is 6.20 Å². The van der Waals surface area contributed by atoms with E-state index in [4.69, 9.17) is 5.73 Å². The maximum Gasteiger partial charge on any atom is 0.217 e. The summed E-state index contributed by atoms with van der Waals surface area (Å²) in [6.07, 6.45) is 2.40. The van der Waals surface area contributed by atoms with E-state index >= 15 is 0 Å². The highest BCUT2D eigenvalue weighted by Gasteiger charge is 2.01. The van der Waals surface area contributed by atoms with Gasteiger partial charge in [-0.1, -0.05) is 6.92 Å². The summed E-state index contributed by atoms with van der Waals surface area (Å²) >= 11 is 0. The monoisotopic (exact) mass is 154 g/mol. The molecular formula is C8H11FN2. The molecule has 0 fully saturated rings. The van der Waals surface area contributed by atoms with Crippen molar-refractivity contribution in [3.63, 3.8) is 0 Å². The second-order valence-electron chi connectivity index (χ2n) is 2.35. The van der Waals surface area contributed by atoms with Crippen molar-refractivity contribution in [2.45, 2.75) is 19.9 Å². The molecule has 0 radical (unpaired) electrons. The molecule has 0 bridgehead atoms. The lowest BCUT2D eigenvalue weighted by atomic mass is 10.1. The Morgan fingerprint density at radius 3 is 2.91 bits per heavy atom. The number of aromatic nitrogens is 1. The summed E-state index contributed by atoms with van der Waals surface area (Å²) in [7, 11) is 0. The summed E-state index contributed by atoms with van der Waals surface area (Å²) in [5.74, 6) is -0.454. The molecule has 1 aromatic rings. The van der Waals surface area contributed by atoms with E-state index in [0.29, 0.717) is 5.56 Å². The Kier molecular flexibility index (Phi) is 2.54. The molecule has 1 aromatic heterocycles. The van der Waals surface area contributed by atoms with Gasteiger partial charge >= 0.3 is 0 Å². The second-order valence-corrected chi connectivity index (χ2v) is 2.35. The first-order valence-corrected chi connectivity index (χ1v) is 3.61. The smallest absolute Gasteiger partial charge is 0.217 e. The molecule has 0 aliphatic carbocycles. The van der Waals surface area contributed by atoms with Crippen LogP contribution in [0.1, 0.15) is 18.1 Å². The van der Waals surface area contributed by atoms with Crippen molar-refractivity contribution in [1.82, 2.24) is 4.98 Å². The zero-order valence-electron chi connectivity index (χ0n) is 6.47. The summed E-state index contributed by atoms with van der Waals surface area (Å²) in [6.45, 7) is 2.21. The molecule has 2 nitrogen and oxygen atoms in total. The van der Waals surface area contributed by atoms with E-state index in [0.717, 1.165) is 12.0 Å². The lowest BCUT2D eigenvalue weighted by Gasteiger charge is -2.00. The molecule has 2 N–H and O–H groups in total. The quantitative estimate of drug-likeness (QED) is 0.651. The number of halogens is 1. The van der Waals surface area contributed by atoms with E-state index in [1.54, 1.807) is 6.07 Å². The van der Waals surface area contributed by atoms with Crippen molar-refractivity contribution >= 4 is 0 Å². The lowest BCUT2D eigenvalue weighted by molar-refractivity contribution is 0.565. The number of hydrogen-bond acceptors (Lipinski definition) is 2. The highest BCUT2D eigenvalue weighted by molar-refractivity contribution is 5.18. The largest absolute Gasteiger partial charge is 0.326 e. The van der Waals surface area contributed by atoms with Crippen LogP contribution in [0.4, 0.5) is 4.39 Å². The van der Waals surface area contributed by atoms with Crippen LogP contribution in [0.2, 0.25) is 0 Å². The van der Waals surface area contributed by atoms with Crippen molar-refractivity contribution in [3.8, 4) is 0 Å². The molecule has 1 rings (SSSR count). The van der Waals surface area contributed by atoms with Crippen LogP contribution in [0.15, 0.2) is 12.3 Å². The van der Waals surface area contributed by atoms with Gasteiger partial charge in [0.1, 0.15) is 0 Å². The summed E-state index contributed by atoms with van der Waals surface area (Å²) in [5, 5.41) is 0. The van der Waals surface area contributed by atoms with Crippen LogP contribution in [0, 0.1) is 5.95 Å². The van der Waals surface area contributed by atoms with Gasteiger partial charge < -0.3 is 5.73 Å². The number of nitrogens with zero attached hydrogens (tertiary/aromatic N) is 1. The molecular weight excluding hydrogens is 143 g/mol. The van der Waals surface area contributed by atoms with Crippen LogP contribution in [-0.2, 0) is 13.0 Å². The predicted octanol–water partition coefficient (Wildman–Crippen LogP) is 1.24. The fraction of sp³-hybridized carbons (Fsp3) is 0.375. The molecule has 11 heavy (non-hydrogen) atoms. The van der Waals surface area contributed by atoms with E-state index < -0.39 is 5.95 Å². The second kappa shape index (κ2) is 3.44. The van der Waals surface area contributed by atoms with Gasteiger partial charge in [0, 0.05) is 18.3 Å². The number of rotatable bonds is 2. The third-order valence-electron chi connectivity index (χ3n) is 1.60. The van der Waals surface area contributed by atoms with Gasteiger partial charge in [0.05, 0.1) is 0 Å². The standard InChI is InChI=1S/C8H11FN2/c1-2-6-3-7(4-10)8(9)11-5-6/h3,5H,2,4,10H2,1H3. The van der Waals surface area contributed by atoms with E-state index in [-0.39, 0.29) is 6.54 Å². The van der Waals surface area contributed by atoms with Crippen molar-refractivity contribution in [2.24, 2.45) is 5.73 Å². The van der Waals surface area contributed by atoms with Gasteiger partial charge in [0.2, 0.25) is 5.95 Å². The number of aryl methyl sites for hydroxylation is 1. The van der Waals surface area contributed by atoms with Crippen LogP contribution in [-0.4, -0.2) is 4.98 Å². The normalized spacial score (nSPS) is 10.1. The Labute approximate surface area is 65.3 Å². The van der Waals surface area contributed by atoms with Crippen LogP contribution in [0.5, 0.6) is 0 Å². The Bertz CT molecular complexity index is 248. The van der Waals surface area contributed by atoms with Crippen molar-refractivity contribution < 1.29 is 4.39 Å². The summed E-state index contributed by atoms with van der Waals surface area (Å²) < 4.78 is 12.7. The SMILES string of the molecule is CCc1cnc(F)c(CN)c1. The predicted molar refractivity (Wildman–Crippen MR) is 41.5 cm³/mol. The third kappa shape index (κ3) is 1.74. The van der Waals surface area contributed by atoms with E-state index in [9.17, 15) is 4.39 Å². The van der Waals surface area contributed by atoms with E-state index in [1.807, 2.05) is 6.92 Å². The van der Waals surface area contributed by atoms with Crippen LogP contribution < -0.4 is 5.73 Å². The lowest BCUT2D eigenvalue weighted by Crippen LogP contribution is -2.02. The Morgan fingerprint density at radius 2 is 2.36 bits per heavy atom. The van der Waals surface area contributed by atoms with Crippen molar-refractivity contribution in [2.75, 3.05) is 0 Å². The first kappa shape index (κ1) is 8.14. The molecule has 60 valence electrons. The van der Waals surface area contributed by atoms with Gasteiger partial charge in [-0.3, -0.25) is 0 Å². The van der Waals surface area contributed by atoms with Crippen molar-refractivity contribution in [1.29, 1.82) is 0 Å². The molecule has 3 heteroatoms. The zero-order chi connectivity index (χ0) is 8.27. The Hall–Kier alpha value is -0.960. The minimum absolute atomic E-state index is 0.215. The van der Waals surface area contributed by atoms with Gasteiger partial charge in [0.25, 0.3) is 0 Å². The highest BCUT2D eigenvalue weighted by atomic mass is 19.1. The fourth-order valence-corrected chi connectivity index (χ4v) is 0.880. The van der Waals surface area contributed by atoms with Crippen LogP contribution in [0.25, 0.3) is 0 Å². The molecule has 0 unspecified atom stereocenters. The molecule has 0 amide bonds. The third-order valence-corrected chi connectivity index (χ3v) is 1.60. The number of nitrogens with two attached hydrogens (primary N) is 1. The summed E-state index contributed by atoms with van der Waals surface area (Å²) in [6, 6.07) is 1.75. The Balaban J connectivity index is 3.02. The van der Waals surface area contributed by atoms with Crippen molar-refractivity contribution in [3.05, 3.63) is 29.3 Å². The number of pyridine rings is 1. The molecule has 0 aliphatic rings. The number of hydrogen-bond donors (Lipinski definition) is 1. The topological polar surface area (TPSA) is 38.9 Å². The minimum atomic E-state index is -0.454. The first-order chi connectivity index (χ1) is 5.27. The molecule has 1 heterocycles. The molecule has 0 spiro atoms. The van der Waals surface area contributed by atoms with Gasteiger partial charge in [-0.15, -0.1) is 0 Å². The molecule has 0 saturated carbocycles. The van der Waals surface area contributed by atoms with Crippen LogP contribution >= 0.6 is 0 Å². The van der Waals surface area contributed by atoms with Gasteiger partial charge in [0.15, 0.2) is 0 Å². The average molecular weight is 154 g/mol. The first-order valence-electron chi connectivity index (χ1n) is 3.61. The molecule has 0 aliphatic heterocycles. The Morgan fingerprint density at radius 1 is 1.64 bits per heavy atom. The van der Waals surface area contributed by atoms with E-state index in [2.05, 4.69) is 4.98 Å². The van der Waals surface area contributed by atoms with Gasteiger partial charge in [-0.05, 0) is 18.1 Å². The summed E-state index contributed by atoms with van der Waals surface area (Å²) in [5.41, 5.74) is 6.80.